The highest BCUT2D eigenvalue weighted by Gasteiger charge is 2.31. The van der Waals surface area contributed by atoms with Crippen molar-refractivity contribution >= 4 is 23.0 Å². The van der Waals surface area contributed by atoms with Crippen molar-refractivity contribution in [1.82, 2.24) is 14.7 Å². The van der Waals surface area contributed by atoms with Crippen molar-refractivity contribution < 1.29 is 26.8 Å². The summed E-state index contributed by atoms with van der Waals surface area (Å²) in [4.78, 5) is 7.61. The zero-order valence-electron chi connectivity index (χ0n) is 25.9. The second-order valence-corrected chi connectivity index (χ2v) is 12.7. The monoisotopic (exact) mass is 683 g/mol. The van der Waals surface area contributed by atoms with E-state index in [2.05, 4.69) is 49.3 Å². The van der Waals surface area contributed by atoms with Gasteiger partial charge in [0.2, 0.25) is 0 Å². The lowest BCUT2D eigenvalue weighted by Gasteiger charge is -2.40. The maximum absolute atomic E-state index is 6.24. The molecular formula is C30H58IN3O6. The van der Waals surface area contributed by atoms with E-state index in [-0.39, 0.29) is 24.4 Å². The van der Waals surface area contributed by atoms with Crippen LogP contribution < -0.4 is 0 Å². The van der Waals surface area contributed by atoms with Crippen LogP contribution in [0, 0.1) is 0 Å². The third kappa shape index (κ3) is 12.2. The molecule has 5 unspecified atom stereocenters. The highest BCUT2D eigenvalue weighted by atomic mass is 127. The Morgan fingerprint density at radius 3 is 1.68 bits per heavy atom. The number of hydrogen-bond donors (Lipinski definition) is 0. The minimum absolute atomic E-state index is 0.199. The number of nitrogens with zero attached hydrogens (tertiary/aromatic N) is 3. The predicted octanol–water partition coefficient (Wildman–Crippen LogP) is 4.01. The summed E-state index contributed by atoms with van der Waals surface area (Å²) < 4.78 is 35.5. The topological polar surface area (TPSA) is 65.1 Å². The summed E-state index contributed by atoms with van der Waals surface area (Å²) in [5, 5.41) is 0. The van der Waals surface area contributed by atoms with Gasteiger partial charge in [-0.25, -0.2) is 0 Å². The number of rotatable bonds is 18. The molecule has 0 aliphatic carbocycles. The van der Waals surface area contributed by atoms with E-state index < -0.39 is 0 Å². The Hall–Kier alpha value is 0.370. The molecule has 0 N–H and O–H groups in total. The van der Waals surface area contributed by atoms with Gasteiger partial charge in [0, 0.05) is 83.4 Å². The zero-order valence-corrected chi connectivity index (χ0v) is 28.1. The maximum atomic E-state index is 6.24. The summed E-state index contributed by atoms with van der Waals surface area (Å²) in [6, 6.07) is 1.32. The average molecular weight is 684 g/mol. The first kappa shape index (κ1) is 34.9. The fourth-order valence-corrected chi connectivity index (χ4v) is 6.58. The first-order valence-electron chi connectivity index (χ1n) is 15.9. The molecule has 3 heterocycles. The Kier molecular flexibility index (Phi) is 17.1. The molecule has 10 heteroatoms. The summed E-state index contributed by atoms with van der Waals surface area (Å²) in [5.74, 6) is 0. The molecule has 9 nitrogen and oxygen atoms in total. The van der Waals surface area contributed by atoms with Crippen LogP contribution in [-0.2, 0) is 26.8 Å². The Labute approximate surface area is 258 Å². The van der Waals surface area contributed by atoms with Crippen LogP contribution >= 0.6 is 23.0 Å². The minimum Gasteiger partial charge on any atom is -0.379 e. The first-order chi connectivity index (χ1) is 19.4. The normalized spacial score (nSPS) is 30.9. The molecule has 0 saturated carbocycles. The van der Waals surface area contributed by atoms with Crippen LogP contribution in [0.4, 0.5) is 0 Å². The molecule has 3 rings (SSSR count). The molecule has 3 saturated heterocycles. The van der Waals surface area contributed by atoms with Crippen molar-refractivity contribution in [2.24, 2.45) is 0 Å². The van der Waals surface area contributed by atoms with E-state index in [9.17, 15) is 0 Å². The van der Waals surface area contributed by atoms with Gasteiger partial charge >= 0.3 is 0 Å². The lowest BCUT2D eigenvalue weighted by atomic mass is 10.0. The Morgan fingerprint density at radius 2 is 1.18 bits per heavy atom. The Bertz CT molecular complexity index is 667. The van der Waals surface area contributed by atoms with E-state index in [0.717, 1.165) is 118 Å². The maximum Gasteiger partial charge on any atom is 0.109 e. The summed E-state index contributed by atoms with van der Waals surface area (Å²) in [6.45, 7) is 23.1. The molecule has 0 aromatic heterocycles. The zero-order chi connectivity index (χ0) is 28.7. The summed E-state index contributed by atoms with van der Waals surface area (Å²) >= 11 is 1.98. The van der Waals surface area contributed by atoms with Gasteiger partial charge in [-0.15, -0.1) is 0 Å². The summed E-state index contributed by atoms with van der Waals surface area (Å²) in [7, 11) is 0. The SMILES string of the molecule is CC(CC1OCCN(CCCOI)C1C)OCCCN1CCOC(CC(C)OCCCN2CCOC[C@@H]2C)[C@H]1C. The largest absolute Gasteiger partial charge is 0.379 e. The van der Waals surface area contributed by atoms with E-state index in [4.69, 9.17) is 26.8 Å². The van der Waals surface area contributed by atoms with Crippen molar-refractivity contribution in [1.29, 1.82) is 0 Å². The second kappa shape index (κ2) is 19.6. The van der Waals surface area contributed by atoms with Crippen molar-refractivity contribution in [3.05, 3.63) is 0 Å². The van der Waals surface area contributed by atoms with Gasteiger partial charge in [0.25, 0.3) is 0 Å². The second-order valence-electron chi connectivity index (χ2n) is 12.0. The summed E-state index contributed by atoms with van der Waals surface area (Å²) in [5.41, 5.74) is 0. The van der Waals surface area contributed by atoms with Crippen LogP contribution in [0.15, 0.2) is 0 Å². The quantitative estimate of drug-likeness (QED) is 0.158. The van der Waals surface area contributed by atoms with Crippen LogP contribution in [0.5, 0.6) is 0 Å². The van der Waals surface area contributed by atoms with E-state index >= 15 is 0 Å². The molecule has 0 aromatic rings. The molecule has 0 spiro atoms. The number of morpholine rings is 3. The van der Waals surface area contributed by atoms with Gasteiger partial charge in [-0.2, -0.15) is 0 Å². The van der Waals surface area contributed by atoms with E-state index in [1.54, 1.807) is 0 Å². The molecule has 236 valence electrons. The van der Waals surface area contributed by atoms with Gasteiger partial charge in [0.15, 0.2) is 0 Å². The molecule has 3 aliphatic rings. The van der Waals surface area contributed by atoms with Crippen molar-refractivity contribution in [3.63, 3.8) is 0 Å². The van der Waals surface area contributed by atoms with E-state index in [1.807, 2.05) is 23.0 Å². The van der Waals surface area contributed by atoms with Crippen molar-refractivity contribution in [2.45, 2.75) is 109 Å². The van der Waals surface area contributed by atoms with Gasteiger partial charge in [0.05, 0.1) is 57.5 Å². The fourth-order valence-electron chi connectivity index (χ4n) is 6.27. The molecule has 40 heavy (non-hydrogen) atoms. The van der Waals surface area contributed by atoms with E-state index in [0.29, 0.717) is 18.1 Å². The minimum atomic E-state index is 0.199. The molecule has 3 aliphatic heterocycles. The first-order valence-corrected chi connectivity index (χ1v) is 16.8. The van der Waals surface area contributed by atoms with Crippen LogP contribution in [0.2, 0.25) is 0 Å². The Balaban J connectivity index is 1.27. The van der Waals surface area contributed by atoms with Crippen LogP contribution in [0.1, 0.15) is 66.7 Å². The third-order valence-corrected chi connectivity index (χ3v) is 9.37. The molecule has 0 aromatic carbocycles. The van der Waals surface area contributed by atoms with Crippen LogP contribution in [0.3, 0.4) is 0 Å². The fraction of sp³-hybridized carbons (Fsp3) is 1.00. The molecule has 0 bridgehead atoms. The lowest BCUT2D eigenvalue weighted by molar-refractivity contribution is -0.0955. The standard InChI is InChI=1S/C30H58IN3O6/c1-24-23-35-18-12-32(24)9-6-15-36-25(2)21-29-27(4)33(13-19-38-29)10-7-16-37-26(3)22-30-28(5)34(14-20-39-30)11-8-17-40-31/h24-30H,6-23H2,1-5H3/t24-,25?,26?,27+,28?,29?,30?/m0/s1. The summed E-state index contributed by atoms with van der Waals surface area (Å²) in [6.07, 6.45) is 5.92. The van der Waals surface area contributed by atoms with Gasteiger partial charge in [0.1, 0.15) is 23.0 Å². The number of halogens is 1. The Morgan fingerprint density at radius 1 is 0.700 bits per heavy atom. The molecule has 3 fully saturated rings. The van der Waals surface area contributed by atoms with Crippen LogP contribution in [0.25, 0.3) is 0 Å². The molecule has 0 amide bonds. The highest BCUT2D eigenvalue weighted by Crippen LogP contribution is 2.22. The van der Waals surface area contributed by atoms with Gasteiger partial charge in [-0.05, 0) is 53.9 Å². The number of hydrogen-bond acceptors (Lipinski definition) is 9. The van der Waals surface area contributed by atoms with E-state index in [1.165, 1.54) is 0 Å². The van der Waals surface area contributed by atoms with Gasteiger partial charge < -0.3 is 26.8 Å². The third-order valence-electron chi connectivity index (χ3n) is 8.93. The molecule has 7 atom stereocenters. The lowest BCUT2D eigenvalue weighted by Crippen LogP contribution is -2.51. The van der Waals surface area contributed by atoms with Gasteiger partial charge in [-0.1, -0.05) is 0 Å². The average Bonchev–Trinajstić information content (AvgIpc) is 2.94. The van der Waals surface area contributed by atoms with Crippen molar-refractivity contribution in [2.75, 3.05) is 85.5 Å². The highest BCUT2D eigenvalue weighted by molar-refractivity contribution is 14.1. The van der Waals surface area contributed by atoms with Crippen molar-refractivity contribution in [3.8, 4) is 0 Å². The molecular weight excluding hydrogens is 625 g/mol. The van der Waals surface area contributed by atoms with Gasteiger partial charge in [-0.3, -0.25) is 14.7 Å². The number of ether oxygens (including phenoxy) is 5. The molecule has 0 radical (unpaired) electrons. The smallest absolute Gasteiger partial charge is 0.109 e. The van der Waals surface area contributed by atoms with Crippen LogP contribution in [-0.4, -0.2) is 143 Å². The predicted molar refractivity (Wildman–Crippen MR) is 167 cm³/mol.